The van der Waals surface area contributed by atoms with Gasteiger partial charge in [-0.05, 0) is 57.3 Å². The summed E-state index contributed by atoms with van der Waals surface area (Å²) in [6, 6.07) is 0. The van der Waals surface area contributed by atoms with Crippen LogP contribution < -0.4 is 0 Å². The van der Waals surface area contributed by atoms with Gasteiger partial charge >= 0.3 is 6.09 Å². The molecule has 116 valence electrons. The van der Waals surface area contributed by atoms with Crippen molar-refractivity contribution in [1.29, 1.82) is 0 Å². The lowest BCUT2D eigenvalue weighted by molar-refractivity contribution is -0.0654. The third kappa shape index (κ3) is 3.11. The van der Waals surface area contributed by atoms with Crippen molar-refractivity contribution in [3.8, 4) is 0 Å². The summed E-state index contributed by atoms with van der Waals surface area (Å²) in [6.45, 7) is 9.71. The molecule has 1 aliphatic carbocycles. The first-order valence-corrected chi connectivity index (χ1v) is 7.86. The summed E-state index contributed by atoms with van der Waals surface area (Å²) in [5, 5.41) is 9.73. The lowest BCUT2D eigenvalue weighted by Crippen LogP contribution is -2.52. The second-order valence-electron chi connectivity index (χ2n) is 7.67. The number of hydrogen-bond acceptors (Lipinski definition) is 3. The van der Waals surface area contributed by atoms with Gasteiger partial charge in [0.2, 0.25) is 0 Å². The molecule has 0 spiro atoms. The van der Waals surface area contributed by atoms with Crippen LogP contribution in [0.5, 0.6) is 0 Å². The van der Waals surface area contributed by atoms with E-state index < -0.39 is 5.60 Å². The Labute approximate surface area is 122 Å². The first-order valence-electron chi connectivity index (χ1n) is 7.86. The number of carbonyl (C=O) groups is 1. The predicted octanol–water partition coefficient (Wildman–Crippen LogP) is 3.04. The third-order valence-corrected chi connectivity index (χ3v) is 5.01. The molecule has 1 aliphatic heterocycles. The minimum atomic E-state index is -0.433. The quantitative estimate of drug-likeness (QED) is 0.847. The van der Waals surface area contributed by atoms with E-state index in [9.17, 15) is 9.90 Å². The van der Waals surface area contributed by atoms with E-state index in [4.69, 9.17) is 4.74 Å². The molecule has 0 aromatic heterocycles. The van der Waals surface area contributed by atoms with Crippen LogP contribution in [0.2, 0.25) is 0 Å². The second kappa shape index (κ2) is 5.55. The van der Waals surface area contributed by atoms with Gasteiger partial charge < -0.3 is 14.7 Å². The second-order valence-corrected chi connectivity index (χ2v) is 7.67. The molecule has 0 aromatic carbocycles. The molecule has 1 N–H and O–H groups in total. The van der Waals surface area contributed by atoms with E-state index >= 15 is 0 Å². The monoisotopic (exact) mass is 283 g/mol. The Morgan fingerprint density at radius 1 is 1.40 bits per heavy atom. The van der Waals surface area contributed by atoms with Crippen LogP contribution >= 0.6 is 0 Å². The highest BCUT2D eigenvalue weighted by atomic mass is 16.6. The van der Waals surface area contributed by atoms with Gasteiger partial charge in [-0.15, -0.1) is 0 Å². The number of aliphatic hydroxyl groups is 1. The van der Waals surface area contributed by atoms with E-state index in [1.807, 2.05) is 25.7 Å². The summed E-state index contributed by atoms with van der Waals surface area (Å²) in [6.07, 6.45) is 4.31. The van der Waals surface area contributed by atoms with Crippen LogP contribution in [0.4, 0.5) is 4.79 Å². The number of likely N-dealkylation sites (tertiary alicyclic amines) is 1. The van der Waals surface area contributed by atoms with Crippen LogP contribution in [-0.4, -0.2) is 41.4 Å². The molecular formula is C16H29NO3. The van der Waals surface area contributed by atoms with E-state index in [1.165, 1.54) is 6.42 Å². The number of piperidine rings is 1. The number of amides is 1. The zero-order valence-corrected chi connectivity index (χ0v) is 13.3. The molecule has 1 saturated carbocycles. The van der Waals surface area contributed by atoms with Gasteiger partial charge in [-0.3, -0.25) is 0 Å². The van der Waals surface area contributed by atoms with Crippen molar-refractivity contribution in [2.75, 3.05) is 19.7 Å². The van der Waals surface area contributed by atoms with Crippen molar-refractivity contribution >= 4 is 6.09 Å². The maximum Gasteiger partial charge on any atom is 0.410 e. The Morgan fingerprint density at radius 2 is 2.05 bits per heavy atom. The highest BCUT2D eigenvalue weighted by Crippen LogP contribution is 2.51. The van der Waals surface area contributed by atoms with Crippen molar-refractivity contribution in [2.24, 2.45) is 17.3 Å². The smallest absolute Gasteiger partial charge is 0.410 e. The molecule has 0 aromatic rings. The molecule has 0 radical (unpaired) electrons. The maximum atomic E-state index is 12.1. The number of hydrogen-bond donors (Lipinski definition) is 1. The summed E-state index contributed by atoms with van der Waals surface area (Å²) in [5.74, 6) is 0.976. The van der Waals surface area contributed by atoms with Gasteiger partial charge in [-0.2, -0.15) is 0 Å². The number of carbonyl (C=O) groups excluding carboxylic acids is 1. The first-order chi connectivity index (χ1) is 9.27. The van der Waals surface area contributed by atoms with Gasteiger partial charge in [0.05, 0.1) is 0 Å². The first kappa shape index (κ1) is 15.6. The standard InChI is InChI=1S/C16H29NO3/c1-12-10-17(14(19)20-15(2,3)4)9-6-13(12)16(11-18)7-5-8-16/h12-13,18H,5-11H2,1-4H3. The molecule has 2 unspecified atom stereocenters. The van der Waals surface area contributed by atoms with Crippen molar-refractivity contribution in [3.05, 3.63) is 0 Å². The summed E-state index contributed by atoms with van der Waals surface area (Å²) >= 11 is 0. The van der Waals surface area contributed by atoms with Crippen molar-refractivity contribution < 1.29 is 14.6 Å². The van der Waals surface area contributed by atoms with Crippen molar-refractivity contribution in [3.63, 3.8) is 0 Å². The number of ether oxygens (including phenoxy) is 1. The molecule has 2 rings (SSSR count). The van der Waals surface area contributed by atoms with Crippen LogP contribution in [0.1, 0.15) is 53.4 Å². The molecule has 1 heterocycles. The Kier molecular flexibility index (Phi) is 4.33. The molecule has 2 aliphatic rings. The Balaban J connectivity index is 1.94. The molecule has 4 nitrogen and oxygen atoms in total. The SMILES string of the molecule is CC1CN(C(=O)OC(C)(C)C)CCC1C1(CO)CCC1. The zero-order valence-electron chi connectivity index (χ0n) is 13.3. The summed E-state index contributed by atoms with van der Waals surface area (Å²) < 4.78 is 5.45. The van der Waals surface area contributed by atoms with E-state index in [2.05, 4.69) is 6.92 Å². The van der Waals surface area contributed by atoms with Gasteiger partial charge in [-0.1, -0.05) is 13.3 Å². The Hall–Kier alpha value is -0.770. The molecule has 2 fully saturated rings. The number of nitrogens with zero attached hydrogens (tertiary/aromatic N) is 1. The van der Waals surface area contributed by atoms with E-state index in [0.717, 1.165) is 32.4 Å². The van der Waals surface area contributed by atoms with Crippen molar-refractivity contribution in [2.45, 2.75) is 59.0 Å². The van der Waals surface area contributed by atoms with Gasteiger partial charge in [0.15, 0.2) is 0 Å². The summed E-state index contributed by atoms with van der Waals surface area (Å²) in [4.78, 5) is 14.0. The summed E-state index contributed by atoms with van der Waals surface area (Å²) in [7, 11) is 0. The number of rotatable bonds is 2. The Bertz CT molecular complexity index is 352. The normalized spacial score (nSPS) is 29.8. The zero-order chi connectivity index (χ0) is 15.0. The summed E-state index contributed by atoms with van der Waals surface area (Å²) in [5.41, 5.74) is -0.295. The molecule has 0 bridgehead atoms. The minimum absolute atomic E-state index is 0.138. The fourth-order valence-electron chi connectivity index (χ4n) is 3.82. The lowest BCUT2D eigenvalue weighted by atomic mass is 9.57. The van der Waals surface area contributed by atoms with Crippen LogP contribution in [0.3, 0.4) is 0 Å². The lowest BCUT2D eigenvalue weighted by Gasteiger charge is -2.52. The molecular weight excluding hydrogens is 254 g/mol. The van der Waals surface area contributed by atoms with E-state index in [0.29, 0.717) is 18.4 Å². The topological polar surface area (TPSA) is 49.8 Å². The van der Waals surface area contributed by atoms with Crippen LogP contribution in [-0.2, 0) is 4.74 Å². The third-order valence-electron chi connectivity index (χ3n) is 5.01. The van der Waals surface area contributed by atoms with Crippen molar-refractivity contribution in [1.82, 2.24) is 4.90 Å². The predicted molar refractivity (Wildman–Crippen MR) is 78.4 cm³/mol. The molecule has 1 amide bonds. The highest BCUT2D eigenvalue weighted by molar-refractivity contribution is 5.68. The van der Waals surface area contributed by atoms with Gasteiger partial charge in [-0.25, -0.2) is 4.79 Å². The highest BCUT2D eigenvalue weighted by Gasteiger charge is 2.47. The number of aliphatic hydroxyl groups excluding tert-OH is 1. The van der Waals surface area contributed by atoms with Crippen LogP contribution in [0, 0.1) is 17.3 Å². The molecule has 20 heavy (non-hydrogen) atoms. The van der Waals surface area contributed by atoms with Crippen LogP contribution in [0.25, 0.3) is 0 Å². The average Bonchev–Trinajstić information content (AvgIpc) is 2.28. The largest absolute Gasteiger partial charge is 0.444 e. The minimum Gasteiger partial charge on any atom is -0.444 e. The van der Waals surface area contributed by atoms with E-state index in [-0.39, 0.29) is 11.5 Å². The molecule has 2 atom stereocenters. The van der Waals surface area contributed by atoms with Crippen LogP contribution in [0.15, 0.2) is 0 Å². The molecule has 4 heteroatoms. The Morgan fingerprint density at radius 3 is 2.45 bits per heavy atom. The fraction of sp³-hybridized carbons (Fsp3) is 0.938. The van der Waals surface area contributed by atoms with Gasteiger partial charge in [0.1, 0.15) is 5.60 Å². The van der Waals surface area contributed by atoms with E-state index in [1.54, 1.807) is 0 Å². The maximum absolute atomic E-state index is 12.1. The molecule has 1 saturated heterocycles. The van der Waals surface area contributed by atoms with Gasteiger partial charge in [0, 0.05) is 19.7 Å². The van der Waals surface area contributed by atoms with Gasteiger partial charge in [0.25, 0.3) is 0 Å². The average molecular weight is 283 g/mol. The fourth-order valence-corrected chi connectivity index (χ4v) is 3.82.